The molecule has 0 saturated heterocycles. The molecule has 2 N–H and O–H groups in total. The maximum absolute atomic E-state index is 12.5. The number of benzene rings is 2. The van der Waals surface area contributed by atoms with Gasteiger partial charge >= 0.3 is 0 Å². The first-order chi connectivity index (χ1) is 13.5. The fraction of sp³-hybridized carbons (Fsp3) is 0.182. The maximum Gasteiger partial charge on any atom is 0.274 e. The Morgan fingerprint density at radius 2 is 1.79 bits per heavy atom. The predicted molar refractivity (Wildman–Crippen MR) is 111 cm³/mol. The number of methoxy groups -OCH3 is 2. The molecule has 0 fully saturated rings. The van der Waals surface area contributed by atoms with Gasteiger partial charge in [0.1, 0.15) is 17.2 Å². The summed E-state index contributed by atoms with van der Waals surface area (Å²) in [5.41, 5.74) is 4.81. The van der Waals surface area contributed by atoms with Crippen LogP contribution >= 0.6 is 0 Å². The first-order valence-corrected chi connectivity index (χ1v) is 8.84. The molecule has 0 unspecified atom stereocenters. The van der Waals surface area contributed by atoms with Crippen molar-refractivity contribution in [2.45, 2.75) is 13.8 Å². The molecule has 1 amide bonds. The number of aryl methyl sites for hydroxylation is 1. The van der Waals surface area contributed by atoms with Crippen molar-refractivity contribution in [2.24, 2.45) is 0 Å². The van der Waals surface area contributed by atoms with Crippen LogP contribution in [-0.4, -0.2) is 25.1 Å². The molecule has 6 heteroatoms. The molecule has 0 radical (unpaired) electrons. The van der Waals surface area contributed by atoms with E-state index >= 15 is 0 Å². The quantitative estimate of drug-likeness (QED) is 0.651. The van der Waals surface area contributed by atoms with E-state index in [0.717, 1.165) is 28.2 Å². The number of rotatable bonds is 6. The summed E-state index contributed by atoms with van der Waals surface area (Å²) < 4.78 is 10.6. The maximum atomic E-state index is 12.5. The largest absolute Gasteiger partial charge is 0.497 e. The van der Waals surface area contributed by atoms with Gasteiger partial charge in [0, 0.05) is 11.8 Å². The number of aromatic nitrogens is 1. The topological polar surface area (TPSA) is 72.5 Å². The highest BCUT2D eigenvalue weighted by Gasteiger charge is 2.11. The van der Waals surface area contributed by atoms with E-state index in [9.17, 15) is 4.79 Å². The number of carbonyl (C=O) groups excluding carboxylic acids is 1. The summed E-state index contributed by atoms with van der Waals surface area (Å²) in [7, 11) is 3.20. The fourth-order valence-corrected chi connectivity index (χ4v) is 2.73. The minimum atomic E-state index is -0.248. The Bertz CT molecular complexity index is 985. The summed E-state index contributed by atoms with van der Waals surface area (Å²) in [6.07, 6.45) is 1.61. The molecular weight excluding hydrogens is 354 g/mol. The van der Waals surface area contributed by atoms with Gasteiger partial charge in [-0.05, 0) is 55.3 Å². The van der Waals surface area contributed by atoms with Crippen LogP contribution in [0.5, 0.6) is 11.5 Å². The second kappa shape index (κ2) is 8.43. The Kier molecular flexibility index (Phi) is 5.79. The van der Waals surface area contributed by atoms with Crippen LogP contribution in [0.4, 0.5) is 17.1 Å². The van der Waals surface area contributed by atoms with Crippen LogP contribution in [0.2, 0.25) is 0 Å². The highest BCUT2D eigenvalue weighted by Crippen LogP contribution is 2.31. The highest BCUT2D eigenvalue weighted by atomic mass is 16.5. The van der Waals surface area contributed by atoms with Gasteiger partial charge in [-0.2, -0.15) is 0 Å². The number of pyridine rings is 1. The number of hydrogen-bond acceptors (Lipinski definition) is 5. The molecular formula is C22H23N3O3. The average Bonchev–Trinajstić information content (AvgIpc) is 2.72. The van der Waals surface area contributed by atoms with E-state index in [1.54, 1.807) is 38.6 Å². The summed E-state index contributed by atoms with van der Waals surface area (Å²) in [6, 6.07) is 14.8. The van der Waals surface area contributed by atoms with Crippen molar-refractivity contribution >= 4 is 23.0 Å². The van der Waals surface area contributed by atoms with Crippen molar-refractivity contribution in [3.8, 4) is 11.5 Å². The van der Waals surface area contributed by atoms with Gasteiger partial charge in [0.2, 0.25) is 0 Å². The van der Waals surface area contributed by atoms with Gasteiger partial charge in [-0.25, -0.2) is 4.98 Å². The van der Waals surface area contributed by atoms with Gasteiger partial charge in [0.15, 0.2) is 0 Å². The molecule has 0 aliphatic carbocycles. The third-order valence-corrected chi connectivity index (χ3v) is 4.54. The van der Waals surface area contributed by atoms with E-state index < -0.39 is 0 Å². The van der Waals surface area contributed by atoms with Crippen LogP contribution in [0.3, 0.4) is 0 Å². The van der Waals surface area contributed by atoms with E-state index in [0.29, 0.717) is 17.2 Å². The minimum Gasteiger partial charge on any atom is -0.497 e. The van der Waals surface area contributed by atoms with E-state index in [4.69, 9.17) is 9.47 Å². The summed E-state index contributed by atoms with van der Waals surface area (Å²) in [5.74, 6) is 1.11. The first-order valence-electron chi connectivity index (χ1n) is 8.84. The third-order valence-electron chi connectivity index (χ3n) is 4.54. The smallest absolute Gasteiger partial charge is 0.274 e. The second-order valence-corrected chi connectivity index (χ2v) is 6.32. The van der Waals surface area contributed by atoms with Crippen molar-refractivity contribution in [3.05, 3.63) is 71.5 Å². The summed E-state index contributed by atoms with van der Waals surface area (Å²) in [5, 5.41) is 6.14. The Morgan fingerprint density at radius 1 is 0.964 bits per heavy atom. The van der Waals surface area contributed by atoms with Gasteiger partial charge in [-0.1, -0.05) is 12.1 Å². The van der Waals surface area contributed by atoms with Crippen LogP contribution in [0.15, 0.2) is 54.7 Å². The monoisotopic (exact) mass is 377 g/mol. The Balaban J connectivity index is 1.73. The van der Waals surface area contributed by atoms with E-state index in [2.05, 4.69) is 15.6 Å². The van der Waals surface area contributed by atoms with Gasteiger partial charge < -0.3 is 20.1 Å². The molecule has 0 spiro atoms. The van der Waals surface area contributed by atoms with Gasteiger partial charge in [0.05, 0.1) is 31.8 Å². The number of nitrogens with one attached hydrogen (secondary N) is 2. The van der Waals surface area contributed by atoms with E-state index in [-0.39, 0.29) is 5.91 Å². The molecule has 28 heavy (non-hydrogen) atoms. The zero-order valence-electron chi connectivity index (χ0n) is 16.4. The normalized spacial score (nSPS) is 10.3. The average molecular weight is 377 g/mol. The standard InChI is InChI=1S/C22H23N3O3/c1-14-6-5-7-18(15(14)2)25-22(26)20-10-8-16(13-23-20)24-19-11-9-17(27-3)12-21(19)28-4/h5-13,24H,1-4H3,(H,25,26). The lowest BCUT2D eigenvalue weighted by Crippen LogP contribution is -2.14. The van der Waals surface area contributed by atoms with Crippen LogP contribution in [0, 0.1) is 13.8 Å². The van der Waals surface area contributed by atoms with Crippen LogP contribution in [0.25, 0.3) is 0 Å². The molecule has 0 aliphatic rings. The van der Waals surface area contributed by atoms with E-state index in [1.165, 1.54) is 0 Å². The molecule has 2 aromatic carbocycles. The lowest BCUT2D eigenvalue weighted by Gasteiger charge is -2.13. The molecule has 3 rings (SSSR count). The fourth-order valence-electron chi connectivity index (χ4n) is 2.73. The summed E-state index contributed by atoms with van der Waals surface area (Å²) in [4.78, 5) is 16.8. The SMILES string of the molecule is COc1ccc(Nc2ccc(C(=O)Nc3cccc(C)c3C)nc2)c(OC)c1. The van der Waals surface area contributed by atoms with Crippen molar-refractivity contribution in [1.29, 1.82) is 0 Å². The zero-order chi connectivity index (χ0) is 20.1. The van der Waals surface area contributed by atoms with Crippen molar-refractivity contribution in [1.82, 2.24) is 4.98 Å². The molecule has 0 saturated carbocycles. The molecule has 0 bridgehead atoms. The summed E-state index contributed by atoms with van der Waals surface area (Å²) in [6.45, 7) is 3.99. The molecule has 3 aromatic rings. The van der Waals surface area contributed by atoms with Gasteiger partial charge in [-0.15, -0.1) is 0 Å². The predicted octanol–water partition coefficient (Wildman–Crippen LogP) is 4.71. The molecule has 0 atom stereocenters. The zero-order valence-corrected chi connectivity index (χ0v) is 16.4. The lowest BCUT2D eigenvalue weighted by atomic mass is 10.1. The third kappa shape index (κ3) is 4.23. The second-order valence-electron chi connectivity index (χ2n) is 6.32. The number of ether oxygens (including phenoxy) is 2. The first kappa shape index (κ1) is 19.2. The molecule has 6 nitrogen and oxygen atoms in total. The summed E-state index contributed by atoms with van der Waals surface area (Å²) >= 11 is 0. The van der Waals surface area contributed by atoms with E-state index in [1.807, 2.05) is 44.2 Å². The van der Waals surface area contributed by atoms with Gasteiger partial charge in [-0.3, -0.25) is 4.79 Å². The number of anilines is 3. The minimum absolute atomic E-state index is 0.248. The Labute approximate surface area is 164 Å². The Morgan fingerprint density at radius 3 is 2.46 bits per heavy atom. The van der Waals surface area contributed by atoms with Gasteiger partial charge in [0.25, 0.3) is 5.91 Å². The van der Waals surface area contributed by atoms with Crippen LogP contribution in [-0.2, 0) is 0 Å². The van der Waals surface area contributed by atoms with Crippen molar-refractivity contribution in [2.75, 3.05) is 24.9 Å². The lowest BCUT2D eigenvalue weighted by molar-refractivity contribution is 0.102. The number of hydrogen-bond donors (Lipinski definition) is 2. The number of carbonyl (C=O) groups is 1. The highest BCUT2D eigenvalue weighted by molar-refractivity contribution is 6.03. The van der Waals surface area contributed by atoms with Crippen molar-refractivity contribution < 1.29 is 14.3 Å². The van der Waals surface area contributed by atoms with Crippen molar-refractivity contribution in [3.63, 3.8) is 0 Å². The molecule has 144 valence electrons. The molecule has 1 aromatic heterocycles. The molecule has 1 heterocycles. The van der Waals surface area contributed by atoms with Crippen LogP contribution < -0.4 is 20.1 Å². The molecule has 0 aliphatic heterocycles. The number of nitrogens with zero attached hydrogens (tertiary/aromatic N) is 1. The number of amides is 1. The van der Waals surface area contributed by atoms with Crippen LogP contribution in [0.1, 0.15) is 21.6 Å². The Hall–Kier alpha value is -3.54.